The van der Waals surface area contributed by atoms with Crippen molar-refractivity contribution in [1.29, 1.82) is 0 Å². The minimum absolute atomic E-state index is 0.0506. The first-order valence-electron chi connectivity index (χ1n) is 8.83. The molecular formula is C20H24N4S. The van der Waals surface area contributed by atoms with Crippen LogP contribution < -0.4 is 0 Å². The molecule has 1 fully saturated rings. The number of imidazole rings is 1. The summed E-state index contributed by atoms with van der Waals surface area (Å²) in [4.78, 5) is 11.7. The number of nitrogens with zero attached hydrogens (tertiary/aromatic N) is 4. The highest BCUT2D eigenvalue weighted by Crippen LogP contribution is 2.42. The number of rotatable bonds is 4. The molecule has 3 aromatic rings. The van der Waals surface area contributed by atoms with Gasteiger partial charge < -0.3 is 4.57 Å². The minimum Gasteiger partial charge on any atom is -0.337 e. The first kappa shape index (κ1) is 16.5. The molecule has 0 radical (unpaired) electrons. The predicted molar refractivity (Wildman–Crippen MR) is 102 cm³/mol. The van der Waals surface area contributed by atoms with Gasteiger partial charge in [0.25, 0.3) is 0 Å². The number of hydrogen-bond acceptors (Lipinski definition) is 4. The Bertz CT molecular complexity index is 828. The van der Waals surface area contributed by atoms with E-state index in [1.165, 1.54) is 17.0 Å². The fourth-order valence-electron chi connectivity index (χ4n) is 3.89. The van der Waals surface area contributed by atoms with Crippen LogP contribution in [0.2, 0.25) is 0 Å². The van der Waals surface area contributed by atoms with Gasteiger partial charge in [0.1, 0.15) is 0 Å². The van der Waals surface area contributed by atoms with Crippen molar-refractivity contribution in [3.05, 3.63) is 70.2 Å². The van der Waals surface area contributed by atoms with Crippen LogP contribution in [0.15, 0.2) is 48.2 Å². The van der Waals surface area contributed by atoms with Crippen molar-refractivity contribution >= 4 is 11.3 Å². The smallest absolute Gasteiger partial charge is 0.0945 e. The van der Waals surface area contributed by atoms with Gasteiger partial charge in [0.15, 0.2) is 0 Å². The molecule has 0 aliphatic carbocycles. The van der Waals surface area contributed by atoms with Crippen molar-refractivity contribution in [1.82, 2.24) is 19.4 Å². The molecule has 2 aromatic heterocycles. The second-order valence-corrected chi connectivity index (χ2v) is 8.03. The van der Waals surface area contributed by atoms with Gasteiger partial charge in [-0.15, -0.1) is 11.3 Å². The third-order valence-corrected chi connectivity index (χ3v) is 6.22. The lowest BCUT2D eigenvalue weighted by Crippen LogP contribution is -2.43. The van der Waals surface area contributed by atoms with Crippen molar-refractivity contribution in [2.24, 2.45) is 7.05 Å². The molecule has 130 valence electrons. The highest BCUT2D eigenvalue weighted by molar-refractivity contribution is 7.09. The molecule has 4 nitrogen and oxygen atoms in total. The van der Waals surface area contributed by atoms with Crippen molar-refractivity contribution in [3.8, 4) is 0 Å². The molecule has 1 aliphatic heterocycles. The van der Waals surface area contributed by atoms with E-state index in [0.717, 1.165) is 37.5 Å². The van der Waals surface area contributed by atoms with Crippen LogP contribution in [0.3, 0.4) is 0 Å². The van der Waals surface area contributed by atoms with E-state index in [4.69, 9.17) is 4.98 Å². The molecule has 0 N–H and O–H groups in total. The Hall–Kier alpha value is -1.98. The second-order valence-electron chi connectivity index (χ2n) is 6.97. The van der Waals surface area contributed by atoms with E-state index < -0.39 is 0 Å². The van der Waals surface area contributed by atoms with Gasteiger partial charge in [-0.3, -0.25) is 4.90 Å². The van der Waals surface area contributed by atoms with Crippen molar-refractivity contribution in [3.63, 3.8) is 0 Å². The van der Waals surface area contributed by atoms with Crippen molar-refractivity contribution < 1.29 is 0 Å². The van der Waals surface area contributed by atoms with Crippen molar-refractivity contribution in [2.75, 3.05) is 13.1 Å². The lowest BCUT2D eigenvalue weighted by Gasteiger charge is -2.41. The van der Waals surface area contributed by atoms with Gasteiger partial charge >= 0.3 is 0 Å². The van der Waals surface area contributed by atoms with E-state index in [0.29, 0.717) is 0 Å². The number of piperidine rings is 1. The first-order valence-corrected chi connectivity index (χ1v) is 9.71. The molecule has 0 atom stereocenters. The van der Waals surface area contributed by atoms with Crippen LogP contribution >= 0.6 is 11.3 Å². The molecule has 3 heterocycles. The van der Waals surface area contributed by atoms with Crippen LogP contribution in [0.4, 0.5) is 0 Å². The summed E-state index contributed by atoms with van der Waals surface area (Å²) in [6.07, 6.45) is 6.07. The summed E-state index contributed by atoms with van der Waals surface area (Å²) in [6, 6.07) is 10.9. The van der Waals surface area contributed by atoms with Gasteiger partial charge in [-0.1, -0.05) is 30.3 Å². The third kappa shape index (κ3) is 3.14. The van der Waals surface area contributed by atoms with Crippen molar-refractivity contribution in [2.45, 2.75) is 31.7 Å². The van der Waals surface area contributed by atoms with E-state index in [-0.39, 0.29) is 5.41 Å². The highest BCUT2D eigenvalue weighted by atomic mass is 32.1. The molecule has 0 bridgehead atoms. The van der Waals surface area contributed by atoms with Gasteiger partial charge in [0, 0.05) is 30.6 Å². The molecule has 0 spiro atoms. The average molecular weight is 353 g/mol. The second kappa shape index (κ2) is 6.73. The monoisotopic (exact) mass is 352 g/mol. The molecule has 0 amide bonds. The SMILES string of the molecule is Cc1nc(C2(c3ccccc3)CCN(Cc3cncn3C)CC2)cs1. The number of benzene rings is 1. The molecule has 0 unspecified atom stereocenters. The maximum atomic E-state index is 4.88. The highest BCUT2D eigenvalue weighted by Gasteiger charge is 2.39. The summed E-state index contributed by atoms with van der Waals surface area (Å²) in [6.45, 7) is 5.23. The van der Waals surface area contributed by atoms with Gasteiger partial charge in [-0.05, 0) is 38.4 Å². The summed E-state index contributed by atoms with van der Waals surface area (Å²) >= 11 is 1.76. The Morgan fingerprint density at radius 2 is 1.92 bits per heavy atom. The zero-order valence-corrected chi connectivity index (χ0v) is 15.7. The van der Waals surface area contributed by atoms with Crippen LogP contribution in [0.25, 0.3) is 0 Å². The zero-order chi connectivity index (χ0) is 17.3. The number of likely N-dealkylation sites (tertiary alicyclic amines) is 1. The maximum absolute atomic E-state index is 4.88. The fourth-order valence-corrected chi connectivity index (χ4v) is 4.60. The van der Waals surface area contributed by atoms with E-state index in [1.54, 1.807) is 11.3 Å². The number of thiazole rings is 1. The summed E-state index contributed by atoms with van der Waals surface area (Å²) in [7, 11) is 2.07. The first-order chi connectivity index (χ1) is 12.2. The third-order valence-electron chi connectivity index (χ3n) is 5.45. The minimum atomic E-state index is 0.0506. The van der Waals surface area contributed by atoms with E-state index in [1.807, 2.05) is 12.5 Å². The standard InChI is InChI=1S/C20H24N4S/c1-16-22-19(14-25-16)20(17-6-4-3-5-7-17)8-10-24(11-9-20)13-18-12-21-15-23(18)2/h3-7,12,14-15H,8-11,13H2,1-2H3. The van der Waals surface area contributed by atoms with Gasteiger partial charge in [0.05, 0.1) is 22.7 Å². The number of aryl methyl sites for hydroxylation is 2. The van der Waals surface area contributed by atoms with Crippen LogP contribution in [0.1, 0.15) is 34.8 Å². The molecule has 1 saturated heterocycles. The predicted octanol–water partition coefficient (Wildman–Crippen LogP) is 3.77. The average Bonchev–Trinajstić information content (AvgIpc) is 3.26. The van der Waals surface area contributed by atoms with E-state index >= 15 is 0 Å². The van der Waals surface area contributed by atoms with Crippen LogP contribution in [-0.2, 0) is 19.0 Å². The molecule has 1 aromatic carbocycles. The normalized spacial score (nSPS) is 17.7. The Morgan fingerprint density at radius 1 is 1.16 bits per heavy atom. The molecular weight excluding hydrogens is 328 g/mol. The largest absolute Gasteiger partial charge is 0.337 e. The Balaban J connectivity index is 1.59. The fraction of sp³-hybridized carbons (Fsp3) is 0.400. The molecule has 4 rings (SSSR count). The van der Waals surface area contributed by atoms with Crippen LogP contribution in [-0.4, -0.2) is 32.5 Å². The summed E-state index contributed by atoms with van der Waals surface area (Å²) < 4.78 is 2.11. The van der Waals surface area contributed by atoms with E-state index in [9.17, 15) is 0 Å². The molecule has 1 aliphatic rings. The Morgan fingerprint density at radius 3 is 2.52 bits per heavy atom. The van der Waals surface area contributed by atoms with Gasteiger partial charge in [-0.2, -0.15) is 0 Å². The molecule has 5 heteroatoms. The lowest BCUT2D eigenvalue weighted by atomic mass is 9.70. The Labute approximate surface area is 153 Å². The lowest BCUT2D eigenvalue weighted by molar-refractivity contribution is 0.167. The molecule has 25 heavy (non-hydrogen) atoms. The number of hydrogen-bond donors (Lipinski definition) is 0. The van der Waals surface area contributed by atoms with E-state index in [2.05, 4.69) is 64.1 Å². The quantitative estimate of drug-likeness (QED) is 0.717. The summed E-state index contributed by atoms with van der Waals surface area (Å²) in [5.41, 5.74) is 3.98. The Kier molecular flexibility index (Phi) is 4.44. The maximum Gasteiger partial charge on any atom is 0.0945 e. The van der Waals surface area contributed by atoms with Crippen LogP contribution in [0.5, 0.6) is 0 Å². The summed E-state index contributed by atoms with van der Waals surface area (Å²) in [5.74, 6) is 0. The van der Waals surface area contributed by atoms with Gasteiger partial charge in [-0.25, -0.2) is 9.97 Å². The zero-order valence-electron chi connectivity index (χ0n) is 14.9. The molecule has 0 saturated carbocycles. The number of aromatic nitrogens is 3. The van der Waals surface area contributed by atoms with Gasteiger partial charge in [0.2, 0.25) is 0 Å². The topological polar surface area (TPSA) is 34.0 Å². The summed E-state index contributed by atoms with van der Waals surface area (Å²) in [5, 5.41) is 3.42. The van der Waals surface area contributed by atoms with Crippen LogP contribution in [0, 0.1) is 6.92 Å².